The Labute approximate surface area is 148 Å². The molecular weight excluding hydrogens is 314 g/mol. The van der Waals surface area contributed by atoms with E-state index in [1.54, 1.807) is 35.2 Å². The first-order chi connectivity index (χ1) is 12.1. The van der Waals surface area contributed by atoms with Crippen molar-refractivity contribution in [2.24, 2.45) is 0 Å². The number of hydrogen-bond acceptors (Lipinski definition) is 2. The topological polar surface area (TPSA) is 61.4 Å². The lowest BCUT2D eigenvalue weighted by atomic mass is 10.1. The van der Waals surface area contributed by atoms with Crippen molar-refractivity contribution in [3.05, 3.63) is 72.8 Å². The summed E-state index contributed by atoms with van der Waals surface area (Å²) in [5, 5.41) is 5.56. The standard InChI is InChI=1S/C20H23N3O2/c1-3-14-23(15-13-17-7-5-4-6-8-17)20(25)22-19-11-9-18(10-12-19)21-16(2)24/h3-12H,1,13-15H2,2H3,(H,21,24)(H,22,25). The van der Waals surface area contributed by atoms with Crippen molar-refractivity contribution in [3.8, 4) is 0 Å². The quantitative estimate of drug-likeness (QED) is 0.753. The van der Waals surface area contributed by atoms with Gasteiger partial charge in [0.25, 0.3) is 0 Å². The molecule has 0 heterocycles. The number of anilines is 2. The fourth-order valence-electron chi connectivity index (χ4n) is 2.38. The molecule has 3 amide bonds. The Hall–Kier alpha value is -3.08. The maximum Gasteiger partial charge on any atom is 0.322 e. The maximum atomic E-state index is 12.5. The minimum atomic E-state index is -0.178. The van der Waals surface area contributed by atoms with Crippen molar-refractivity contribution in [3.63, 3.8) is 0 Å². The number of carbonyl (C=O) groups excluding carboxylic acids is 2. The zero-order valence-electron chi connectivity index (χ0n) is 14.4. The Bertz CT molecular complexity index is 711. The molecule has 5 nitrogen and oxygen atoms in total. The van der Waals surface area contributed by atoms with Gasteiger partial charge in [-0.3, -0.25) is 4.79 Å². The lowest BCUT2D eigenvalue weighted by Gasteiger charge is -2.22. The highest BCUT2D eigenvalue weighted by molar-refractivity contribution is 5.91. The van der Waals surface area contributed by atoms with Crippen molar-refractivity contribution in [2.45, 2.75) is 13.3 Å². The van der Waals surface area contributed by atoms with Crippen LogP contribution in [0.1, 0.15) is 12.5 Å². The van der Waals surface area contributed by atoms with Gasteiger partial charge in [0.2, 0.25) is 5.91 Å². The predicted octanol–water partition coefficient (Wildman–Crippen LogP) is 3.91. The first-order valence-corrected chi connectivity index (χ1v) is 8.17. The van der Waals surface area contributed by atoms with Crippen LogP contribution in [-0.4, -0.2) is 29.9 Å². The van der Waals surface area contributed by atoms with E-state index < -0.39 is 0 Å². The largest absolute Gasteiger partial charge is 0.326 e. The Morgan fingerprint density at radius 2 is 1.60 bits per heavy atom. The number of urea groups is 1. The molecule has 2 aromatic rings. The van der Waals surface area contributed by atoms with E-state index >= 15 is 0 Å². The SMILES string of the molecule is C=CCN(CCc1ccccc1)C(=O)Nc1ccc(NC(C)=O)cc1. The van der Waals surface area contributed by atoms with Gasteiger partial charge < -0.3 is 15.5 Å². The molecule has 130 valence electrons. The van der Waals surface area contributed by atoms with Crippen molar-refractivity contribution in [1.29, 1.82) is 0 Å². The van der Waals surface area contributed by atoms with Gasteiger partial charge in [-0.2, -0.15) is 0 Å². The summed E-state index contributed by atoms with van der Waals surface area (Å²) in [4.78, 5) is 25.2. The number of carbonyl (C=O) groups is 2. The molecule has 0 saturated carbocycles. The summed E-state index contributed by atoms with van der Waals surface area (Å²) >= 11 is 0. The predicted molar refractivity (Wildman–Crippen MR) is 102 cm³/mol. The smallest absolute Gasteiger partial charge is 0.322 e. The molecule has 0 fully saturated rings. The zero-order valence-corrected chi connectivity index (χ0v) is 14.4. The van der Waals surface area contributed by atoms with E-state index in [0.717, 1.165) is 6.42 Å². The van der Waals surface area contributed by atoms with Crippen molar-refractivity contribution in [2.75, 3.05) is 23.7 Å². The van der Waals surface area contributed by atoms with Crippen LogP contribution in [0, 0.1) is 0 Å². The van der Waals surface area contributed by atoms with Gasteiger partial charge in [-0.25, -0.2) is 4.79 Å². The summed E-state index contributed by atoms with van der Waals surface area (Å²) in [5.74, 6) is -0.130. The number of nitrogens with zero attached hydrogens (tertiary/aromatic N) is 1. The summed E-state index contributed by atoms with van der Waals surface area (Å²) < 4.78 is 0. The third-order valence-electron chi connectivity index (χ3n) is 3.61. The van der Waals surface area contributed by atoms with E-state index in [1.807, 2.05) is 30.3 Å². The van der Waals surface area contributed by atoms with Crippen LogP contribution in [0.15, 0.2) is 67.3 Å². The van der Waals surface area contributed by atoms with E-state index in [4.69, 9.17) is 0 Å². The van der Waals surface area contributed by atoms with Gasteiger partial charge in [-0.1, -0.05) is 36.4 Å². The molecular formula is C20H23N3O2. The molecule has 0 spiro atoms. The minimum absolute atomic E-state index is 0.130. The van der Waals surface area contributed by atoms with Crippen LogP contribution in [0.3, 0.4) is 0 Å². The summed E-state index contributed by atoms with van der Waals surface area (Å²) in [7, 11) is 0. The number of benzene rings is 2. The highest BCUT2D eigenvalue weighted by atomic mass is 16.2. The van der Waals surface area contributed by atoms with Gasteiger partial charge in [0.15, 0.2) is 0 Å². The van der Waals surface area contributed by atoms with Crippen LogP contribution < -0.4 is 10.6 Å². The Kier molecular flexibility index (Phi) is 6.77. The molecule has 0 atom stereocenters. The number of amides is 3. The number of hydrogen-bond donors (Lipinski definition) is 2. The molecule has 2 rings (SSSR count). The average Bonchev–Trinajstić information content (AvgIpc) is 2.60. The second-order valence-corrected chi connectivity index (χ2v) is 5.66. The van der Waals surface area contributed by atoms with E-state index in [-0.39, 0.29) is 11.9 Å². The van der Waals surface area contributed by atoms with Gasteiger partial charge >= 0.3 is 6.03 Å². The second-order valence-electron chi connectivity index (χ2n) is 5.66. The molecule has 0 aliphatic rings. The molecule has 0 bridgehead atoms. The highest BCUT2D eigenvalue weighted by Crippen LogP contribution is 2.14. The molecule has 5 heteroatoms. The number of rotatable bonds is 7. The van der Waals surface area contributed by atoms with E-state index in [1.165, 1.54) is 12.5 Å². The maximum absolute atomic E-state index is 12.5. The lowest BCUT2D eigenvalue weighted by molar-refractivity contribution is -0.114. The third-order valence-corrected chi connectivity index (χ3v) is 3.61. The molecule has 25 heavy (non-hydrogen) atoms. The van der Waals surface area contributed by atoms with Gasteiger partial charge in [0.05, 0.1) is 0 Å². The second kappa shape index (κ2) is 9.27. The lowest BCUT2D eigenvalue weighted by Crippen LogP contribution is -2.36. The molecule has 0 radical (unpaired) electrons. The number of nitrogens with one attached hydrogen (secondary N) is 2. The zero-order chi connectivity index (χ0) is 18.1. The van der Waals surface area contributed by atoms with Crippen LogP contribution in [0.2, 0.25) is 0 Å². The summed E-state index contributed by atoms with van der Waals surface area (Å²) in [6.45, 7) is 6.25. The molecule has 0 aromatic heterocycles. The Balaban J connectivity index is 1.94. The first kappa shape index (κ1) is 18.3. The fraction of sp³-hybridized carbons (Fsp3) is 0.200. The van der Waals surface area contributed by atoms with Crippen LogP contribution in [0.4, 0.5) is 16.2 Å². The van der Waals surface area contributed by atoms with Gasteiger partial charge in [0.1, 0.15) is 0 Å². The summed E-state index contributed by atoms with van der Waals surface area (Å²) in [6, 6.07) is 16.9. The van der Waals surface area contributed by atoms with Crippen molar-refractivity contribution in [1.82, 2.24) is 4.90 Å². The average molecular weight is 337 g/mol. The van der Waals surface area contributed by atoms with Gasteiger partial charge in [0, 0.05) is 31.4 Å². The first-order valence-electron chi connectivity index (χ1n) is 8.17. The molecule has 2 aromatic carbocycles. The van der Waals surface area contributed by atoms with Crippen molar-refractivity contribution >= 4 is 23.3 Å². The van der Waals surface area contributed by atoms with Crippen LogP contribution in [0.25, 0.3) is 0 Å². The van der Waals surface area contributed by atoms with E-state index in [9.17, 15) is 9.59 Å². The van der Waals surface area contributed by atoms with Crippen molar-refractivity contribution < 1.29 is 9.59 Å². The molecule has 0 aliphatic heterocycles. The van der Waals surface area contributed by atoms with E-state index in [2.05, 4.69) is 17.2 Å². The summed E-state index contributed by atoms with van der Waals surface area (Å²) in [6.07, 6.45) is 2.49. The van der Waals surface area contributed by atoms with Crippen LogP contribution in [-0.2, 0) is 11.2 Å². The van der Waals surface area contributed by atoms with Gasteiger partial charge in [-0.15, -0.1) is 6.58 Å². The molecule has 0 aliphatic carbocycles. The molecule has 0 saturated heterocycles. The summed E-state index contributed by atoms with van der Waals surface area (Å²) in [5.41, 5.74) is 2.55. The molecule has 0 unspecified atom stereocenters. The Morgan fingerprint density at radius 1 is 1.00 bits per heavy atom. The minimum Gasteiger partial charge on any atom is -0.326 e. The third kappa shape index (κ3) is 6.14. The van der Waals surface area contributed by atoms with Crippen LogP contribution in [0.5, 0.6) is 0 Å². The monoisotopic (exact) mass is 337 g/mol. The highest BCUT2D eigenvalue weighted by Gasteiger charge is 2.12. The van der Waals surface area contributed by atoms with E-state index in [0.29, 0.717) is 24.5 Å². The Morgan fingerprint density at radius 3 is 2.16 bits per heavy atom. The fourth-order valence-corrected chi connectivity index (χ4v) is 2.38. The normalized spacial score (nSPS) is 9.96. The van der Waals surface area contributed by atoms with Gasteiger partial charge in [-0.05, 0) is 36.2 Å². The van der Waals surface area contributed by atoms with Crippen LogP contribution >= 0.6 is 0 Å². The molecule has 2 N–H and O–H groups in total.